The van der Waals surface area contributed by atoms with Crippen LogP contribution in [0.2, 0.25) is 0 Å². The second kappa shape index (κ2) is 8.10. The fourth-order valence-electron chi connectivity index (χ4n) is 6.62. The maximum absolute atomic E-state index is 12.9. The summed E-state index contributed by atoms with van der Waals surface area (Å²) in [6.45, 7) is 13.1. The maximum atomic E-state index is 12.9. The lowest BCUT2D eigenvalue weighted by molar-refractivity contribution is -0.168. The Morgan fingerprint density at radius 1 is 1.03 bits per heavy atom. The summed E-state index contributed by atoms with van der Waals surface area (Å²) < 4.78 is 16.9. The highest BCUT2D eigenvalue weighted by Gasteiger charge is 2.61. The predicted molar refractivity (Wildman–Crippen MR) is 116 cm³/mol. The van der Waals surface area contributed by atoms with E-state index in [0.717, 1.165) is 37.7 Å². The molecule has 6 nitrogen and oxygen atoms in total. The molecule has 0 unspecified atom stereocenters. The molecule has 3 aliphatic carbocycles. The molecule has 31 heavy (non-hydrogen) atoms. The van der Waals surface area contributed by atoms with Crippen molar-refractivity contribution in [2.45, 2.75) is 85.4 Å². The van der Waals surface area contributed by atoms with Crippen molar-refractivity contribution in [2.24, 2.45) is 22.2 Å². The fourth-order valence-corrected chi connectivity index (χ4v) is 6.62. The molecule has 6 heteroatoms. The molecular formula is C25H36O6. The third-order valence-corrected chi connectivity index (χ3v) is 8.27. The van der Waals surface area contributed by atoms with Crippen LogP contribution >= 0.6 is 0 Å². The van der Waals surface area contributed by atoms with E-state index >= 15 is 0 Å². The van der Waals surface area contributed by atoms with E-state index in [1.807, 2.05) is 19.9 Å². The van der Waals surface area contributed by atoms with Gasteiger partial charge in [-0.1, -0.05) is 31.9 Å². The zero-order valence-corrected chi connectivity index (χ0v) is 19.7. The van der Waals surface area contributed by atoms with Crippen LogP contribution in [0.5, 0.6) is 0 Å². The number of hydrogen-bond acceptors (Lipinski definition) is 6. The summed E-state index contributed by atoms with van der Waals surface area (Å²) in [5.74, 6) is -1.00. The Kier molecular flexibility index (Phi) is 6.16. The van der Waals surface area contributed by atoms with Gasteiger partial charge in [0.2, 0.25) is 0 Å². The quantitative estimate of drug-likeness (QED) is 0.369. The Labute approximate surface area is 185 Å². The van der Waals surface area contributed by atoms with E-state index in [0.29, 0.717) is 6.42 Å². The second-order valence-electron chi connectivity index (χ2n) is 10.2. The number of carbonyl (C=O) groups is 3. The number of rotatable bonds is 4. The molecule has 0 spiro atoms. The molecule has 0 saturated heterocycles. The Morgan fingerprint density at radius 3 is 2.23 bits per heavy atom. The molecule has 0 heterocycles. The first kappa shape index (κ1) is 23.6. The van der Waals surface area contributed by atoms with Crippen LogP contribution in [0.25, 0.3) is 0 Å². The van der Waals surface area contributed by atoms with E-state index in [1.165, 1.54) is 26.5 Å². The Morgan fingerprint density at radius 2 is 1.68 bits per heavy atom. The molecule has 1 saturated carbocycles. The number of esters is 3. The number of methoxy groups -OCH3 is 1. The number of allylic oxidation sites excluding steroid dienone is 1. The van der Waals surface area contributed by atoms with E-state index in [9.17, 15) is 14.4 Å². The van der Waals surface area contributed by atoms with Crippen molar-refractivity contribution in [3.63, 3.8) is 0 Å². The number of fused-ring (bicyclic) bond motifs is 2. The standard InChI is InChI=1S/C25H36O6/c1-8-23(4)13-10-17-20(21(23)31-16(3)27)18(30-15(2)26)14-19-24(17,5)11-9-12-25(19,6)22(28)29-7/h8,18-19,21H,1,9-14H2,2-7H3/t18-,19-,21-,23+,24-,25-/m0/s1. The maximum Gasteiger partial charge on any atom is 0.311 e. The van der Waals surface area contributed by atoms with Gasteiger partial charge in [-0.05, 0) is 50.4 Å². The predicted octanol–water partition coefficient (Wildman–Crippen LogP) is 4.52. The number of ether oxygens (including phenoxy) is 3. The largest absolute Gasteiger partial charge is 0.469 e. The van der Waals surface area contributed by atoms with Gasteiger partial charge in [0.05, 0.1) is 12.5 Å². The van der Waals surface area contributed by atoms with Gasteiger partial charge < -0.3 is 14.2 Å². The van der Waals surface area contributed by atoms with Crippen LogP contribution in [-0.4, -0.2) is 37.2 Å². The molecule has 3 aliphatic rings. The van der Waals surface area contributed by atoms with Crippen LogP contribution in [0.1, 0.15) is 73.1 Å². The van der Waals surface area contributed by atoms with Gasteiger partial charge in [0, 0.05) is 24.8 Å². The highest BCUT2D eigenvalue weighted by molar-refractivity contribution is 5.77. The van der Waals surface area contributed by atoms with Crippen molar-refractivity contribution in [3.05, 3.63) is 23.8 Å². The van der Waals surface area contributed by atoms with Gasteiger partial charge in [0.1, 0.15) is 12.2 Å². The molecule has 0 amide bonds. The van der Waals surface area contributed by atoms with Crippen molar-refractivity contribution in [2.75, 3.05) is 7.11 Å². The van der Waals surface area contributed by atoms with Crippen molar-refractivity contribution in [1.82, 2.24) is 0 Å². The monoisotopic (exact) mass is 432 g/mol. The summed E-state index contributed by atoms with van der Waals surface area (Å²) >= 11 is 0. The van der Waals surface area contributed by atoms with Gasteiger partial charge in [-0.15, -0.1) is 6.58 Å². The zero-order chi connectivity index (χ0) is 23.2. The SMILES string of the molecule is C=C[C@]1(C)CCC2=C([C@@H](OC(C)=O)C[C@H]3[C@@]2(C)CCC[C@]3(C)C(=O)OC)[C@@H]1OC(C)=O. The Hall–Kier alpha value is -2.11. The molecule has 0 aliphatic heterocycles. The van der Waals surface area contributed by atoms with Crippen molar-refractivity contribution in [1.29, 1.82) is 0 Å². The molecule has 0 N–H and O–H groups in total. The van der Waals surface area contributed by atoms with E-state index in [-0.39, 0.29) is 29.2 Å². The third-order valence-electron chi connectivity index (χ3n) is 8.27. The minimum absolute atomic E-state index is 0.0321. The lowest BCUT2D eigenvalue weighted by Crippen LogP contribution is -2.57. The summed E-state index contributed by atoms with van der Waals surface area (Å²) in [7, 11) is 1.43. The fraction of sp³-hybridized carbons (Fsp3) is 0.720. The molecule has 0 aromatic heterocycles. The van der Waals surface area contributed by atoms with Gasteiger partial charge in [0.25, 0.3) is 0 Å². The first-order valence-electron chi connectivity index (χ1n) is 11.2. The smallest absolute Gasteiger partial charge is 0.311 e. The van der Waals surface area contributed by atoms with Gasteiger partial charge in [-0.25, -0.2) is 0 Å². The van der Waals surface area contributed by atoms with Crippen LogP contribution in [0.4, 0.5) is 0 Å². The normalized spacial score (nSPS) is 39.6. The van der Waals surface area contributed by atoms with Crippen LogP contribution in [0.15, 0.2) is 23.8 Å². The molecule has 0 radical (unpaired) electrons. The van der Waals surface area contributed by atoms with E-state index in [2.05, 4.69) is 13.5 Å². The first-order valence-corrected chi connectivity index (χ1v) is 11.2. The van der Waals surface area contributed by atoms with E-state index < -0.39 is 23.0 Å². The number of carbonyl (C=O) groups excluding carboxylic acids is 3. The molecular weight excluding hydrogens is 396 g/mol. The molecule has 172 valence electrons. The number of hydrogen-bond donors (Lipinski definition) is 0. The van der Waals surface area contributed by atoms with E-state index in [1.54, 1.807) is 0 Å². The topological polar surface area (TPSA) is 78.9 Å². The zero-order valence-electron chi connectivity index (χ0n) is 19.7. The van der Waals surface area contributed by atoms with Crippen LogP contribution in [0.3, 0.4) is 0 Å². The summed E-state index contributed by atoms with van der Waals surface area (Å²) in [4.78, 5) is 37.0. The third kappa shape index (κ3) is 3.72. The molecule has 0 aromatic carbocycles. The van der Waals surface area contributed by atoms with Crippen LogP contribution < -0.4 is 0 Å². The average Bonchev–Trinajstić information content (AvgIpc) is 2.69. The lowest BCUT2D eigenvalue weighted by Gasteiger charge is -2.59. The van der Waals surface area contributed by atoms with Gasteiger partial charge in [0.15, 0.2) is 0 Å². The van der Waals surface area contributed by atoms with Crippen molar-refractivity contribution >= 4 is 17.9 Å². The minimum atomic E-state index is -0.658. The second-order valence-corrected chi connectivity index (χ2v) is 10.2. The first-order chi connectivity index (χ1) is 14.4. The summed E-state index contributed by atoms with van der Waals surface area (Å²) in [5.41, 5.74) is 0.706. The Bertz CT molecular complexity index is 828. The lowest BCUT2D eigenvalue weighted by atomic mass is 9.46. The van der Waals surface area contributed by atoms with Crippen molar-refractivity contribution in [3.8, 4) is 0 Å². The molecule has 6 atom stereocenters. The van der Waals surface area contributed by atoms with Gasteiger partial charge in [-0.3, -0.25) is 14.4 Å². The molecule has 0 bridgehead atoms. The molecule has 0 aromatic rings. The summed E-state index contributed by atoms with van der Waals surface area (Å²) in [5, 5.41) is 0. The highest BCUT2D eigenvalue weighted by atomic mass is 16.6. The molecule has 3 rings (SSSR count). The van der Waals surface area contributed by atoms with Gasteiger partial charge in [-0.2, -0.15) is 0 Å². The molecule has 1 fully saturated rings. The average molecular weight is 433 g/mol. The Balaban J connectivity index is 2.22. The summed E-state index contributed by atoms with van der Waals surface area (Å²) in [6, 6.07) is 0. The summed E-state index contributed by atoms with van der Waals surface area (Å²) in [6.07, 6.45) is 5.42. The van der Waals surface area contributed by atoms with Gasteiger partial charge >= 0.3 is 17.9 Å². The van der Waals surface area contributed by atoms with Crippen LogP contribution in [-0.2, 0) is 28.6 Å². The van der Waals surface area contributed by atoms with Crippen molar-refractivity contribution < 1.29 is 28.6 Å². The minimum Gasteiger partial charge on any atom is -0.469 e. The van der Waals surface area contributed by atoms with Crippen LogP contribution in [0, 0.1) is 22.2 Å². The van der Waals surface area contributed by atoms with E-state index in [4.69, 9.17) is 14.2 Å². The highest BCUT2D eigenvalue weighted by Crippen LogP contribution is 2.64.